The lowest BCUT2D eigenvalue weighted by Crippen LogP contribution is -2.32. The molecular weight excluding hydrogens is 308 g/mol. The van der Waals surface area contributed by atoms with E-state index in [1.54, 1.807) is 6.07 Å². The average Bonchev–Trinajstić information content (AvgIpc) is 2.61. The molecule has 1 aliphatic heterocycles. The van der Waals surface area contributed by atoms with E-state index in [0.717, 1.165) is 11.1 Å². The van der Waals surface area contributed by atoms with Gasteiger partial charge >= 0.3 is 12.0 Å². The molecule has 124 valence electrons. The van der Waals surface area contributed by atoms with Crippen molar-refractivity contribution in [3.05, 3.63) is 59.7 Å². The predicted octanol–water partition coefficient (Wildman–Crippen LogP) is 2.79. The molecule has 3 rings (SSSR count). The van der Waals surface area contributed by atoms with Crippen molar-refractivity contribution in [1.29, 1.82) is 0 Å². The third-order valence-corrected chi connectivity index (χ3v) is 3.85. The molecule has 2 amide bonds. The van der Waals surface area contributed by atoms with E-state index in [-0.39, 0.29) is 6.03 Å². The van der Waals surface area contributed by atoms with Crippen LogP contribution in [0.4, 0.5) is 10.5 Å². The van der Waals surface area contributed by atoms with Gasteiger partial charge in [-0.1, -0.05) is 42.5 Å². The highest BCUT2D eigenvalue weighted by atomic mass is 16.5. The first-order chi connectivity index (χ1) is 11.6. The Kier molecular flexibility index (Phi) is 4.65. The number of benzene rings is 2. The largest absolute Gasteiger partial charge is 0.479 e. The molecule has 0 spiro atoms. The molecule has 2 aromatic rings. The molecule has 3 N–H and O–H groups in total. The number of ether oxygens (including phenoxy) is 1. The van der Waals surface area contributed by atoms with Gasteiger partial charge in [0.2, 0.25) is 0 Å². The van der Waals surface area contributed by atoms with Crippen LogP contribution in [0, 0.1) is 0 Å². The zero-order chi connectivity index (χ0) is 16.9. The molecule has 24 heavy (non-hydrogen) atoms. The summed E-state index contributed by atoms with van der Waals surface area (Å²) >= 11 is 0. The van der Waals surface area contributed by atoms with E-state index in [4.69, 9.17) is 9.84 Å². The Bertz CT molecular complexity index is 746. The van der Waals surface area contributed by atoms with Gasteiger partial charge in [-0.15, -0.1) is 0 Å². The van der Waals surface area contributed by atoms with Crippen molar-refractivity contribution in [2.45, 2.75) is 25.5 Å². The number of fused-ring (bicyclic) bond motifs is 1. The quantitative estimate of drug-likeness (QED) is 0.806. The summed E-state index contributed by atoms with van der Waals surface area (Å²) in [5.41, 5.74) is 2.36. The monoisotopic (exact) mass is 326 g/mol. The Morgan fingerprint density at radius 2 is 1.92 bits per heavy atom. The van der Waals surface area contributed by atoms with Gasteiger partial charge in [0.15, 0.2) is 6.10 Å². The summed E-state index contributed by atoms with van der Waals surface area (Å²) in [6.45, 7) is 0.403. The Balaban J connectivity index is 1.67. The topological polar surface area (TPSA) is 87.7 Å². The fourth-order valence-electron chi connectivity index (χ4n) is 2.63. The van der Waals surface area contributed by atoms with Gasteiger partial charge in [-0.3, -0.25) is 0 Å². The van der Waals surface area contributed by atoms with Crippen molar-refractivity contribution < 1.29 is 19.4 Å². The molecule has 0 saturated heterocycles. The van der Waals surface area contributed by atoms with E-state index in [1.165, 1.54) is 0 Å². The van der Waals surface area contributed by atoms with Crippen LogP contribution in [0.15, 0.2) is 48.5 Å². The van der Waals surface area contributed by atoms with E-state index in [0.29, 0.717) is 30.8 Å². The summed E-state index contributed by atoms with van der Waals surface area (Å²) in [5.74, 6) is -0.560. The van der Waals surface area contributed by atoms with E-state index < -0.39 is 12.1 Å². The second-order valence-corrected chi connectivity index (χ2v) is 5.57. The molecule has 0 radical (unpaired) electrons. The Hall–Kier alpha value is -3.02. The van der Waals surface area contributed by atoms with Crippen LogP contribution in [-0.2, 0) is 17.8 Å². The summed E-state index contributed by atoms with van der Waals surface area (Å²) in [4.78, 5) is 23.2. The number of rotatable bonds is 4. The third-order valence-electron chi connectivity index (χ3n) is 3.85. The van der Waals surface area contributed by atoms with Crippen LogP contribution in [0.5, 0.6) is 5.75 Å². The van der Waals surface area contributed by atoms with Crippen LogP contribution in [0.1, 0.15) is 17.5 Å². The maximum Gasteiger partial charge on any atom is 0.344 e. The number of para-hydroxylation sites is 1. The van der Waals surface area contributed by atoms with Crippen molar-refractivity contribution in [3.8, 4) is 5.75 Å². The lowest BCUT2D eigenvalue weighted by molar-refractivity contribution is -0.145. The number of carboxylic acids is 1. The molecule has 1 aliphatic rings. The minimum atomic E-state index is -0.996. The minimum absolute atomic E-state index is 0.367. The number of hydrogen-bond donors (Lipinski definition) is 3. The van der Waals surface area contributed by atoms with Crippen LogP contribution in [-0.4, -0.2) is 23.2 Å². The third kappa shape index (κ3) is 3.65. The number of carbonyl (C=O) groups excluding carboxylic acids is 1. The second kappa shape index (κ2) is 7.04. The Morgan fingerprint density at radius 1 is 1.12 bits per heavy atom. The Labute approximate surface area is 139 Å². The van der Waals surface area contributed by atoms with Crippen LogP contribution < -0.4 is 15.4 Å². The van der Waals surface area contributed by atoms with Gasteiger partial charge in [0.1, 0.15) is 5.75 Å². The highest BCUT2D eigenvalue weighted by Gasteiger charge is 2.27. The van der Waals surface area contributed by atoms with Gasteiger partial charge in [0, 0.05) is 6.54 Å². The van der Waals surface area contributed by atoms with Crippen molar-refractivity contribution >= 4 is 17.7 Å². The van der Waals surface area contributed by atoms with Crippen LogP contribution in [0.2, 0.25) is 0 Å². The zero-order valence-corrected chi connectivity index (χ0v) is 13.0. The number of amides is 2. The normalized spacial score (nSPS) is 15.8. The van der Waals surface area contributed by atoms with Crippen LogP contribution in [0.3, 0.4) is 0 Å². The Morgan fingerprint density at radius 3 is 2.67 bits per heavy atom. The highest BCUT2D eigenvalue weighted by molar-refractivity contribution is 5.91. The van der Waals surface area contributed by atoms with Crippen molar-refractivity contribution in [1.82, 2.24) is 5.32 Å². The number of carbonyl (C=O) groups is 2. The van der Waals surface area contributed by atoms with Crippen molar-refractivity contribution in [2.75, 3.05) is 5.32 Å². The molecule has 1 atom stereocenters. The van der Waals surface area contributed by atoms with E-state index >= 15 is 0 Å². The summed E-state index contributed by atoms with van der Waals surface area (Å²) in [5, 5.41) is 14.6. The minimum Gasteiger partial charge on any atom is -0.479 e. The standard InChI is InChI=1S/C18H18N2O4/c21-17(22)15-10-9-13-7-4-8-14(16(13)24-15)20-18(23)19-11-12-5-2-1-3-6-12/h1-8,15H,9-11H2,(H,21,22)(H2,19,20,23). The molecule has 0 aliphatic carbocycles. The number of anilines is 1. The number of aryl methyl sites for hydroxylation is 1. The fraction of sp³-hybridized carbons (Fsp3) is 0.222. The molecule has 6 nitrogen and oxygen atoms in total. The second-order valence-electron chi connectivity index (χ2n) is 5.57. The number of carboxylic acid groups (broad SMARTS) is 1. The van der Waals surface area contributed by atoms with E-state index in [1.807, 2.05) is 42.5 Å². The maximum absolute atomic E-state index is 12.1. The number of aliphatic carboxylic acids is 1. The van der Waals surface area contributed by atoms with E-state index in [9.17, 15) is 9.59 Å². The fourth-order valence-corrected chi connectivity index (χ4v) is 2.63. The molecule has 2 aromatic carbocycles. The number of nitrogens with one attached hydrogen (secondary N) is 2. The molecule has 0 fully saturated rings. The molecular formula is C18H18N2O4. The van der Waals surface area contributed by atoms with E-state index in [2.05, 4.69) is 10.6 Å². The van der Waals surface area contributed by atoms with Crippen molar-refractivity contribution in [2.24, 2.45) is 0 Å². The molecule has 1 unspecified atom stereocenters. The highest BCUT2D eigenvalue weighted by Crippen LogP contribution is 2.35. The van der Waals surface area contributed by atoms with Gasteiger partial charge < -0.3 is 20.5 Å². The van der Waals surface area contributed by atoms with Gasteiger partial charge in [-0.05, 0) is 30.0 Å². The molecule has 0 saturated carbocycles. The lowest BCUT2D eigenvalue weighted by Gasteiger charge is -2.25. The first kappa shape index (κ1) is 15.9. The van der Waals surface area contributed by atoms with Crippen LogP contribution in [0.25, 0.3) is 0 Å². The van der Waals surface area contributed by atoms with Crippen molar-refractivity contribution in [3.63, 3.8) is 0 Å². The van der Waals surface area contributed by atoms with Gasteiger partial charge in [0.25, 0.3) is 0 Å². The SMILES string of the molecule is O=C(NCc1ccccc1)Nc1cccc2c1OC(C(=O)O)CC2. The molecule has 6 heteroatoms. The van der Waals surface area contributed by atoms with Gasteiger partial charge in [-0.25, -0.2) is 9.59 Å². The molecule has 0 bridgehead atoms. The maximum atomic E-state index is 12.1. The summed E-state index contributed by atoms with van der Waals surface area (Å²) in [7, 11) is 0. The summed E-state index contributed by atoms with van der Waals surface area (Å²) in [6.07, 6.45) is 0.146. The smallest absolute Gasteiger partial charge is 0.344 e. The zero-order valence-electron chi connectivity index (χ0n) is 13.0. The summed E-state index contributed by atoms with van der Waals surface area (Å²) < 4.78 is 5.55. The lowest BCUT2D eigenvalue weighted by atomic mass is 10.0. The average molecular weight is 326 g/mol. The summed E-state index contributed by atoms with van der Waals surface area (Å²) in [6, 6.07) is 14.6. The van der Waals surface area contributed by atoms with Gasteiger partial charge in [-0.2, -0.15) is 0 Å². The number of hydrogen-bond acceptors (Lipinski definition) is 3. The molecule has 0 aromatic heterocycles. The van der Waals surface area contributed by atoms with Crippen LogP contribution >= 0.6 is 0 Å². The first-order valence-electron chi connectivity index (χ1n) is 7.73. The number of urea groups is 1. The predicted molar refractivity (Wildman–Crippen MR) is 89.1 cm³/mol. The first-order valence-corrected chi connectivity index (χ1v) is 7.73. The van der Waals surface area contributed by atoms with Gasteiger partial charge in [0.05, 0.1) is 5.69 Å². The molecule has 1 heterocycles.